The van der Waals surface area contributed by atoms with Crippen LogP contribution in [0.25, 0.3) is 0 Å². The number of aliphatic hydroxyl groups excluding tert-OH is 1. The minimum Gasteiger partial charge on any atom is -0.388 e. The fraction of sp³-hybridized carbons (Fsp3) is 0.583. The Morgan fingerprint density at radius 2 is 2.35 bits per heavy atom. The summed E-state index contributed by atoms with van der Waals surface area (Å²) in [5.41, 5.74) is 0.975. The van der Waals surface area contributed by atoms with Crippen molar-refractivity contribution in [3.8, 4) is 0 Å². The van der Waals surface area contributed by atoms with Gasteiger partial charge in [-0.3, -0.25) is 4.79 Å². The Labute approximate surface area is 105 Å². The van der Waals surface area contributed by atoms with Crippen LogP contribution in [-0.2, 0) is 4.74 Å². The Hall–Kier alpha value is -0.910. The van der Waals surface area contributed by atoms with Gasteiger partial charge < -0.3 is 15.2 Å². The van der Waals surface area contributed by atoms with Crippen LogP contribution in [0.1, 0.15) is 28.1 Å². The number of amides is 1. The first-order valence-electron chi connectivity index (χ1n) is 5.69. The summed E-state index contributed by atoms with van der Waals surface area (Å²) in [5.74, 6) is -0.0988. The Balaban J connectivity index is 1.99. The second-order valence-corrected chi connectivity index (χ2v) is 5.27. The molecule has 2 N–H and O–H groups in total. The van der Waals surface area contributed by atoms with Crippen LogP contribution in [-0.4, -0.2) is 36.4 Å². The number of carbonyl (C=O) groups is 1. The van der Waals surface area contributed by atoms with E-state index in [0.29, 0.717) is 0 Å². The van der Waals surface area contributed by atoms with E-state index in [2.05, 4.69) is 5.32 Å². The number of rotatable bonds is 3. The molecule has 1 aliphatic rings. The topological polar surface area (TPSA) is 58.6 Å². The van der Waals surface area contributed by atoms with Gasteiger partial charge in [0.15, 0.2) is 0 Å². The number of methoxy groups -OCH3 is 1. The highest BCUT2D eigenvalue weighted by Gasteiger charge is 2.36. The molecule has 1 aromatic rings. The van der Waals surface area contributed by atoms with E-state index in [9.17, 15) is 9.90 Å². The summed E-state index contributed by atoms with van der Waals surface area (Å²) in [6.07, 6.45) is 0.774. The van der Waals surface area contributed by atoms with E-state index in [0.717, 1.165) is 23.3 Å². The third kappa shape index (κ3) is 2.51. The van der Waals surface area contributed by atoms with Gasteiger partial charge in [0.2, 0.25) is 0 Å². The minimum absolute atomic E-state index is 0.0988. The summed E-state index contributed by atoms with van der Waals surface area (Å²) < 4.78 is 5.15. The van der Waals surface area contributed by atoms with Gasteiger partial charge in [-0.05, 0) is 36.8 Å². The average Bonchev–Trinajstić information content (AvgIpc) is 2.87. The van der Waals surface area contributed by atoms with Crippen molar-refractivity contribution in [2.75, 3.05) is 7.11 Å². The molecule has 1 saturated carbocycles. The summed E-state index contributed by atoms with van der Waals surface area (Å²) in [7, 11) is 1.58. The lowest BCUT2D eigenvalue weighted by atomic mass is 10.2. The van der Waals surface area contributed by atoms with Crippen molar-refractivity contribution in [3.05, 3.63) is 21.9 Å². The molecule has 0 saturated heterocycles. The molecule has 0 aromatic carbocycles. The molecule has 94 valence electrons. The van der Waals surface area contributed by atoms with Crippen LogP contribution in [0.5, 0.6) is 0 Å². The molecule has 0 unspecified atom stereocenters. The third-order valence-corrected chi connectivity index (χ3v) is 4.26. The number of aryl methyl sites for hydroxylation is 1. The highest BCUT2D eigenvalue weighted by atomic mass is 32.1. The fourth-order valence-corrected chi connectivity index (χ4v) is 3.03. The number of hydrogen-bond acceptors (Lipinski definition) is 4. The Kier molecular flexibility index (Phi) is 3.81. The average molecular weight is 255 g/mol. The van der Waals surface area contributed by atoms with Gasteiger partial charge in [-0.2, -0.15) is 0 Å². The molecule has 0 spiro atoms. The zero-order valence-corrected chi connectivity index (χ0v) is 10.8. The van der Waals surface area contributed by atoms with Crippen LogP contribution >= 0.6 is 11.3 Å². The van der Waals surface area contributed by atoms with E-state index in [-0.39, 0.29) is 18.1 Å². The van der Waals surface area contributed by atoms with Crippen LogP contribution in [0.3, 0.4) is 0 Å². The summed E-state index contributed by atoms with van der Waals surface area (Å²) in [6, 6.07) is 1.72. The van der Waals surface area contributed by atoms with E-state index < -0.39 is 6.10 Å². The molecule has 2 rings (SSSR count). The van der Waals surface area contributed by atoms with Crippen LogP contribution in [0.2, 0.25) is 0 Å². The number of carbonyl (C=O) groups excluding carboxylic acids is 1. The zero-order valence-electron chi connectivity index (χ0n) is 9.97. The van der Waals surface area contributed by atoms with Crippen LogP contribution in [0, 0.1) is 6.92 Å². The summed E-state index contributed by atoms with van der Waals surface area (Å²) in [6.45, 7) is 1.91. The maximum Gasteiger partial charge on any atom is 0.261 e. The lowest BCUT2D eigenvalue weighted by molar-refractivity contribution is 0.000227. The monoisotopic (exact) mass is 255 g/mol. The molecule has 0 aliphatic heterocycles. The van der Waals surface area contributed by atoms with Gasteiger partial charge in [0.1, 0.15) is 6.10 Å². The second-order valence-electron chi connectivity index (χ2n) is 4.35. The lowest BCUT2D eigenvalue weighted by Gasteiger charge is -2.19. The quantitative estimate of drug-likeness (QED) is 0.856. The molecular weight excluding hydrogens is 238 g/mol. The number of thiophene rings is 1. The third-order valence-electron chi connectivity index (χ3n) is 3.24. The first kappa shape index (κ1) is 12.5. The molecule has 0 bridgehead atoms. The van der Waals surface area contributed by atoms with E-state index in [1.54, 1.807) is 7.11 Å². The van der Waals surface area contributed by atoms with E-state index >= 15 is 0 Å². The van der Waals surface area contributed by atoms with Crippen LogP contribution in [0.15, 0.2) is 11.4 Å². The smallest absolute Gasteiger partial charge is 0.261 e. The van der Waals surface area contributed by atoms with Gasteiger partial charge in [-0.1, -0.05) is 0 Å². The van der Waals surface area contributed by atoms with Crippen molar-refractivity contribution >= 4 is 17.2 Å². The van der Waals surface area contributed by atoms with Gasteiger partial charge >= 0.3 is 0 Å². The molecule has 1 aromatic heterocycles. The predicted octanol–water partition coefficient (Wildman–Crippen LogP) is 1.32. The molecule has 5 heteroatoms. The fourth-order valence-electron chi connectivity index (χ4n) is 2.20. The largest absolute Gasteiger partial charge is 0.388 e. The molecule has 1 fully saturated rings. The lowest BCUT2D eigenvalue weighted by Crippen LogP contribution is -2.43. The Bertz CT molecular complexity index is 404. The molecular formula is C12H17NO3S. The van der Waals surface area contributed by atoms with Crippen molar-refractivity contribution in [3.63, 3.8) is 0 Å². The number of aliphatic hydroxyl groups is 1. The predicted molar refractivity (Wildman–Crippen MR) is 66.3 cm³/mol. The van der Waals surface area contributed by atoms with Crippen molar-refractivity contribution < 1.29 is 14.6 Å². The molecule has 1 amide bonds. The van der Waals surface area contributed by atoms with Crippen molar-refractivity contribution in [1.29, 1.82) is 0 Å². The summed E-state index contributed by atoms with van der Waals surface area (Å²) in [4.78, 5) is 12.7. The SMILES string of the molecule is CO[C@@H]1CC[C@@H](NC(=O)c2sccc2C)[C@H]1O. The molecule has 1 heterocycles. The molecule has 1 aliphatic carbocycles. The first-order chi connectivity index (χ1) is 8.13. The molecule has 3 atom stereocenters. The van der Waals surface area contributed by atoms with E-state index in [4.69, 9.17) is 4.74 Å². The minimum atomic E-state index is -0.607. The van der Waals surface area contributed by atoms with Crippen molar-refractivity contribution in [1.82, 2.24) is 5.32 Å². The maximum atomic E-state index is 12.0. The van der Waals surface area contributed by atoms with Gasteiger partial charge in [0.05, 0.1) is 17.0 Å². The van der Waals surface area contributed by atoms with Crippen molar-refractivity contribution in [2.24, 2.45) is 0 Å². The van der Waals surface area contributed by atoms with Crippen molar-refractivity contribution in [2.45, 2.75) is 38.0 Å². The molecule has 0 radical (unpaired) electrons. The maximum absolute atomic E-state index is 12.0. The van der Waals surface area contributed by atoms with Gasteiger partial charge in [-0.25, -0.2) is 0 Å². The second kappa shape index (κ2) is 5.16. The Morgan fingerprint density at radius 3 is 2.88 bits per heavy atom. The number of hydrogen-bond donors (Lipinski definition) is 2. The number of nitrogens with one attached hydrogen (secondary N) is 1. The Morgan fingerprint density at radius 1 is 1.59 bits per heavy atom. The van der Waals surface area contributed by atoms with Gasteiger partial charge in [-0.15, -0.1) is 11.3 Å². The highest BCUT2D eigenvalue weighted by Crippen LogP contribution is 2.23. The molecule has 4 nitrogen and oxygen atoms in total. The van der Waals surface area contributed by atoms with Crippen LogP contribution in [0.4, 0.5) is 0 Å². The summed E-state index contributed by atoms with van der Waals surface area (Å²) in [5, 5.41) is 14.7. The normalized spacial score (nSPS) is 28.3. The summed E-state index contributed by atoms with van der Waals surface area (Å²) >= 11 is 1.42. The van der Waals surface area contributed by atoms with Gasteiger partial charge in [0, 0.05) is 7.11 Å². The van der Waals surface area contributed by atoms with E-state index in [1.165, 1.54) is 11.3 Å². The van der Waals surface area contributed by atoms with E-state index in [1.807, 2.05) is 18.4 Å². The highest BCUT2D eigenvalue weighted by molar-refractivity contribution is 7.12. The molecule has 17 heavy (non-hydrogen) atoms. The van der Waals surface area contributed by atoms with Crippen LogP contribution < -0.4 is 5.32 Å². The standard InChI is InChI=1S/C12H17NO3S/c1-7-5-6-17-11(7)12(15)13-8-3-4-9(16-2)10(8)14/h5-6,8-10,14H,3-4H2,1-2H3,(H,13,15)/t8-,9-,10-/m1/s1. The number of ether oxygens (including phenoxy) is 1. The first-order valence-corrected chi connectivity index (χ1v) is 6.57. The zero-order chi connectivity index (χ0) is 12.4. The van der Waals surface area contributed by atoms with Gasteiger partial charge in [0.25, 0.3) is 5.91 Å².